The van der Waals surface area contributed by atoms with Gasteiger partial charge in [0, 0.05) is 5.39 Å². The summed E-state index contributed by atoms with van der Waals surface area (Å²) in [6.45, 7) is 1.21. The predicted molar refractivity (Wildman–Crippen MR) is 60.9 cm³/mol. The summed E-state index contributed by atoms with van der Waals surface area (Å²) in [6.07, 6.45) is 0. The second-order valence-electron chi connectivity index (χ2n) is 3.68. The lowest BCUT2D eigenvalue weighted by Gasteiger charge is -1.97. The molecule has 6 nitrogen and oxygen atoms in total. The molecule has 3 aromatic rings. The number of aromatic nitrogens is 4. The predicted octanol–water partition coefficient (Wildman–Crippen LogP) is 1.24. The summed E-state index contributed by atoms with van der Waals surface area (Å²) in [5.41, 5.74) is 0.906. The fourth-order valence-corrected chi connectivity index (χ4v) is 1.68. The van der Waals surface area contributed by atoms with Crippen LogP contribution < -0.4 is 5.32 Å². The molecule has 2 N–H and O–H groups in total. The third-order valence-electron chi connectivity index (χ3n) is 2.45. The molecule has 0 radical (unpaired) electrons. The summed E-state index contributed by atoms with van der Waals surface area (Å²) in [4.78, 5) is 0. The van der Waals surface area contributed by atoms with Crippen molar-refractivity contribution >= 4 is 11.0 Å². The van der Waals surface area contributed by atoms with E-state index in [9.17, 15) is 0 Å². The van der Waals surface area contributed by atoms with Crippen LogP contribution in [0.2, 0.25) is 0 Å². The van der Waals surface area contributed by atoms with Crippen molar-refractivity contribution in [1.29, 1.82) is 0 Å². The number of rotatable bonds is 4. The van der Waals surface area contributed by atoms with Gasteiger partial charge in [0.2, 0.25) is 0 Å². The molecule has 2 aromatic heterocycles. The van der Waals surface area contributed by atoms with Crippen LogP contribution in [0.1, 0.15) is 11.6 Å². The first-order chi connectivity index (χ1) is 8.42. The number of nitrogens with zero attached hydrogens (tertiary/aromatic N) is 3. The summed E-state index contributed by atoms with van der Waals surface area (Å²) in [6, 6.07) is 9.97. The Hall–Kier alpha value is -2.21. The van der Waals surface area contributed by atoms with Crippen molar-refractivity contribution in [3.63, 3.8) is 0 Å². The number of hydrogen-bond donors (Lipinski definition) is 2. The van der Waals surface area contributed by atoms with Crippen molar-refractivity contribution in [3.05, 3.63) is 41.9 Å². The van der Waals surface area contributed by atoms with Gasteiger partial charge in [-0.25, -0.2) is 0 Å². The molecule has 0 aliphatic rings. The topological polar surface area (TPSA) is 79.6 Å². The van der Waals surface area contributed by atoms with Crippen LogP contribution in [-0.4, -0.2) is 20.6 Å². The van der Waals surface area contributed by atoms with Crippen molar-refractivity contribution in [2.24, 2.45) is 0 Å². The van der Waals surface area contributed by atoms with E-state index in [0.29, 0.717) is 18.9 Å². The summed E-state index contributed by atoms with van der Waals surface area (Å²) in [5.74, 6) is 1.54. The van der Waals surface area contributed by atoms with Gasteiger partial charge in [-0.3, -0.25) is 0 Å². The van der Waals surface area contributed by atoms with E-state index in [-0.39, 0.29) is 0 Å². The van der Waals surface area contributed by atoms with E-state index in [1.165, 1.54) is 0 Å². The maximum absolute atomic E-state index is 5.66. The number of fused-ring (bicyclic) bond motifs is 1. The lowest BCUT2D eigenvalue weighted by Crippen LogP contribution is -2.13. The smallest absolute Gasteiger partial charge is 0.188 e. The molecule has 17 heavy (non-hydrogen) atoms. The number of para-hydroxylation sites is 1. The van der Waals surface area contributed by atoms with Gasteiger partial charge < -0.3 is 9.73 Å². The number of nitrogens with one attached hydrogen (secondary N) is 2. The average molecular weight is 229 g/mol. The molecule has 0 aliphatic heterocycles. The van der Waals surface area contributed by atoms with Crippen LogP contribution in [-0.2, 0) is 13.1 Å². The Kier molecular flexibility index (Phi) is 2.55. The normalized spacial score (nSPS) is 11.1. The van der Waals surface area contributed by atoms with E-state index in [0.717, 1.165) is 16.7 Å². The van der Waals surface area contributed by atoms with Crippen LogP contribution in [0.15, 0.2) is 34.7 Å². The van der Waals surface area contributed by atoms with Gasteiger partial charge in [0.1, 0.15) is 11.3 Å². The molecule has 3 rings (SSSR count). The molecule has 0 saturated heterocycles. The first-order valence-corrected chi connectivity index (χ1v) is 5.32. The van der Waals surface area contributed by atoms with Crippen molar-refractivity contribution < 1.29 is 4.42 Å². The van der Waals surface area contributed by atoms with Crippen LogP contribution >= 0.6 is 0 Å². The summed E-state index contributed by atoms with van der Waals surface area (Å²) in [7, 11) is 0. The zero-order valence-electron chi connectivity index (χ0n) is 9.05. The van der Waals surface area contributed by atoms with Gasteiger partial charge in [-0.1, -0.05) is 23.4 Å². The number of hydrogen-bond acceptors (Lipinski definition) is 5. The maximum Gasteiger partial charge on any atom is 0.188 e. The molecule has 2 heterocycles. The zero-order chi connectivity index (χ0) is 11.5. The Bertz CT molecular complexity index is 568. The maximum atomic E-state index is 5.66. The quantitative estimate of drug-likeness (QED) is 0.703. The molecule has 0 spiro atoms. The van der Waals surface area contributed by atoms with E-state index in [4.69, 9.17) is 4.42 Å². The number of furan rings is 1. The first kappa shape index (κ1) is 9.98. The van der Waals surface area contributed by atoms with Crippen molar-refractivity contribution in [1.82, 2.24) is 25.9 Å². The molecule has 0 fully saturated rings. The Morgan fingerprint density at radius 1 is 1.24 bits per heavy atom. The zero-order valence-corrected chi connectivity index (χ0v) is 9.05. The summed E-state index contributed by atoms with van der Waals surface area (Å²) in [5, 5.41) is 17.9. The monoisotopic (exact) mass is 229 g/mol. The highest BCUT2D eigenvalue weighted by Gasteiger charge is 2.03. The van der Waals surface area contributed by atoms with Crippen molar-refractivity contribution in [3.8, 4) is 0 Å². The Morgan fingerprint density at radius 3 is 3.00 bits per heavy atom. The van der Waals surface area contributed by atoms with Gasteiger partial charge in [-0.2, -0.15) is 5.21 Å². The van der Waals surface area contributed by atoms with Gasteiger partial charge in [0.05, 0.1) is 13.1 Å². The SMILES string of the molecule is c1ccc2oc(CNCc3nn[nH]n3)cc2c1. The average Bonchev–Trinajstić information content (AvgIpc) is 2.96. The molecule has 0 amide bonds. The Balaban J connectivity index is 1.65. The largest absolute Gasteiger partial charge is 0.460 e. The van der Waals surface area contributed by atoms with Crippen LogP contribution in [0.5, 0.6) is 0 Å². The molecule has 0 atom stereocenters. The van der Waals surface area contributed by atoms with Gasteiger partial charge in [-0.15, -0.1) is 10.2 Å². The number of benzene rings is 1. The van der Waals surface area contributed by atoms with Crippen LogP contribution in [0.3, 0.4) is 0 Å². The first-order valence-electron chi connectivity index (χ1n) is 5.32. The highest BCUT2D eigenvalue weighted by Crippen LogP contribution is 2.18. The van der Waals surface area contributed by atoms with E-state index < -0.39 is 0 Å². The van der Waals surface area contributed by atoms with E-state index >= 15 is 0 Å². The van der Waals surface area contributed by atoms with E-state index in [1.54, 1.807) is 0 Å². The lowest BCUT2D eigenvalue weighted by molar-refractivity contribution is 0.510. The highest BCUT2D eigenvalue weighted by atomic mass is 16.3. The van der Waals surface area contributed by atoms with Gasteiger partial charge in [0.15, 0.2) is 5.82 Å². The fourth-order valence-electron chi connectivity index (χ4n) is 1.68. The van der Waals surface area contributed by atoms with Crippen LogP contribution in [0.25, 0.3) is 11.0 Å². The summed E-state index contributed by atoms with van der Waals surface area (Å²) < 4.78 is 5.66. The van der Waals surface area contributed by atoms with Crippen molar-refractivity contribution in [2.75, 3.05) is 0 Å². The van der Waals surface area contributed by atoms with Gasteiger partial charge >= 0.3 is 0 Å². The summed E-state index contributed by atoms with van der Waals surface area (Å²) >= 11 is 0. The molecule has 86 valence electrons. The van der Waals surface area contributed by atoms with Crippen LogP contribution in [0, 0.1) is 0 Å². The molecular formula is C11H11N5O. The third kappa shape index (κ3) is 2.16. The fraction of sp³-hybridized carbons (Fsp3) is 0.182. The molecule has 6 heteroatoms. The lowest BCUT2D eigenvalue weighted by atomic mass is 10.2. The van der Waals surface area contributed by atoms with E-state index in [2.05, 4.69) is 25.9 Å². The molecule has 1 aromatic carbocycles. The Labute approximate surface area is 97.0 Å². The molecule has 0 unspecified atom stereocenters. The second kappa shape index (κ2) is 4.34. The number of aromatic amines is 1. The van der Waals surface area contributed by atoms with Crippen molar-refractivity contribution in [2.45, 2.75) is 13.1 Å². The third-order valence-corrected chi connectivity index (χ3v) is 2.45. The minimum atomic E-state index is 0.563. The van der Waals surface area contributed by atoms with E-state index in [1.807, 2.05) is 30.3 Å². The van der Waals surface area contributed by atoms with Gasteiger partial charge in [0.25, 0.3) is 0 Å². The number of H-pyrrole nitrogens is 1. The highest BCUT2D eigenvalue weighted by molar-refractivity contribution is 5.77. The molecule has 0 saturated carbocycles. The van der Waals surface area contributed by atoms with Gasteiger partial charge in [-0.05, 0) is 12.1 Å². The molecular weight excluding hydrogens is 218 g/mol. The minimum Gasteiger partial charge on any atom is -0.460 e. The number of tetrazole rings is 1. The standard InChI is InChI=1S/C11H11N5O/c1-2-4-10-8(3-1)5-9(17-10)6-12-7-11-13-15-16-14-11/h1-5,12H,6-7H2,(H,13,14,15,16). The Morgan fingerprint density at radius 2 is 2.18 bits per heavy atom. The molecule has 0 aliphatic carbocycles. The second-order valence-corrected chi connectivity index (χ2v) is 3.68. The molecule has 0 bridgehead atoms. The van der Waals surface area contributed by atoms with Crippen LogP contribution in [0.4, 0.5) is 0 Å². The minimum absolute atomic E-state index is 0.563.